The molecule has 0 fully saturated rings. The number of methoxy groups -OCH3 is 1. The summed E-state index contributed by atoms with van der Waals surface area (Å²) in [6, 6.07) is 19.8. The monoisotopic (exact) mass is 383 g/mol. The highest BCUT2D eigenvalue weighted by Gasteiger charge is 2.11. The van der Waals surface area contributed by atoms with Gasteiger partial charge in [0, 0.05) is 54.0 Å². The van der Waals surface area contributed by atoms with Crippen LogP contribution in [-0.4, -0.2) is 22.1 Å². The van der Waals surface area contributed by atoms with Gasteiger partial charge in [0.15, 0.2) is 0 Å². The van der Waals surface area contributed by atoms with Crippen LogP contribution in [0.1, 0.15) is 16.8 Å². The average molecular weight is 383 g/mol. The fourth-order valence-electron chi connectivity index (χ4n) is 3.13. The fourth-order valence-corrected chi connectivity index (χ4v) is 3.13. The van der Waals surface area contributed by atoms with Crippen molar-refractivity contribution in [2.45, 2.75) is 13.0 Å². The van der Waals surface area contributed by atoms with E-state index < -0.39 is 0 Å². The van der Waals surface area contributed by atoms with E-state index in [2.05, 4.69) is 21.0 Å². The van der Waals surface area contributed by atoms with Crippen molar-refractivity contribution >= 4 is 0 Å². The molecule has 5 heteroatoms. The lowest BCUT2D eigenvalue weighted by atomic mass is 9.99. The Morgan fingerprint density at radius 1 is 0.759 bits per heavy atom. The van der Waals surface area contributed by atoms with Crippen molar-refractivity contribution in [2.75, 3.05) is 7.11 Å². The standard InChI is InChI=1S/C24H21N3O2/c1-28-23-9-3-2-7-21(23)20-8-5-13-26-22(20)14-18-10-11-24(27-16-18)29-17-19-6-4-12-25-15-19/h2-13,15-16H,14,17H2,1H3. The Hall–Kier alpha value is -3.73. The number of rotatable bonds is 7. The van der Waals surface area contributed by atoms with Crippen LogP contribution in [0.15, 0.2) is 85.5 Å². The molecule has 144 valence electrons. The van der Waals surface area contributed by atoms with Gasteiger partial charge in [0.25, 0.3) is 0 Å². The fraction of sp³-hybridized carbons (Fsp3) is 0.125. The Bertz CT molecular complexity index is 1070. The predicted octanol–water partition coefficient (Wildman–Crippen LogP) is 4.72. The number of ether oxygens (including phenoxy) is 2. The molecule has 0 atom stereocenters. The molecule has 4 aromatic rings. The molecule has 0 aliphatic rings. The SMILES string of the molecule is COc1ccccc1-c1cccnc1Cc1ccc(OCc2cccnc2)nc1. The Labute approximate surface area is 170 Å². The molecule has 0 spiro atoms. The van der Waals surface area contributed by atoms with E-state index in [9.17, 15) is 0 Å². The first-order chi connectivity index (χ1) is 14.3. The van der Waals surface area contributed by atoms with Crippen LogP contribution in [0.5, 0.6) is 11.6 Å². The highest BCUT2D eigenvalue weighted by Crippen LogP contribution is 2.32. The molecule has 5 nitrogen and oxygen atoms in total. The second-order valence-electron chi connectivity index (χ2n) is 6.53. The number of pyridine rings is 3. The molecule has 0 N–H and O–H groups in total. The Balaban J connectivity index is 1.50. The quantitative estimate of drug-likeness (QED) is 0.462. The summed E-state index contributed by atoms with van der Waals surface area (Å²) in [7, 11) is 1.68. The van der Waals surface area contributed by atoms with Crippen LogP contribution in [-0.2, 0) is 13.0 Å². The van der Waals surface area contributed by atoms with Crippen LogP contribution >= 0.6 is 0 Å². The maximum absolute atomic E-state index is 5.74. The Morgan fingerprint density at radius 2 is 1.62 bits per heavy atom. The minimum Gasteiger partial charge on any atom is -0.496 e. The summed E-state index contributed by atoms with van der Waals surface area (Å²) in [5.41, 5.74) is 5.13. The van der Waals surface area contributed by atoms with E-state index in [-0.39, 0.29) is 0 Å². The van der Waals surface area contributed by atoms with Gasteiger partial charge in [-0.05, 0) is 23.8 Å². The summed E-state index contributed by atoms with van der Waals surface area (Å²) >= 11 is 0. The van der Waals surface area contributed by atoms with Crippen LogP contribution in [0.4, 0.5) is 0 Å². The van der Waals surface area contributed by atoms with Crippen molar-refractivity contribution in [1.82, 2.24) is 15.0 Å². The van der Waals surface area contributed by atoms with E-state index >= 15 is 0 Å². The van der Waals surface area contributed by atoms with Crippen molar-refractivity contribution < 1.29 is 9.47 Å². The lowest BCUT2D eigenvalue weighted by molar-refractivity contribution is 0.293. The van der Waals surface area contributed by atoms with Gasteiger partial charge in [-0.3, -0.25) is 9.97 Å². The van der Waals surface area contributed by atoms with Gasteiger partial charge in [0.1, 0.15) is 12.4 Å². The zero-order chi connectivity index (χ0) is 19.9. The third kappa shape index (κ3) is 4.58. The van der Waals surface area contributed by atoms with Gasteiger partial charge in [0.2, 0.25) is 5.88 Å². The van der Waals surface area contributed by atoms with E-state index in [1.54, 1.807) is 19.5 Å². The maximum Gasteiger partial charge on any atom is 0.213 e. The lowest BCUT2D eigenvalue weighted by Crippen LogP contribution is -2.00. The van der Waals surface area contributed by atoms with Crippen molar-refractivity contribution in [2.24, 2.45) is 0 Å². The predicted molar refractivity (Wildman–Crippen MR) is 112 cm³/mol. The molecule has 3 aromatic heterocycles. The first-order valence-electron chi connectivity index (χ1n) is 9.37. The second kappa shape index (κ2) is 8.97. The van der Waals surface area contributed by atoms with Gasteiger partial charge in [-0.1, -0.05) is 36.4 Å². The minimum absolute atomic E-state index is 0.443. The normalized spacial score (nSPS) is 10.5. The largest absolute Gasteiger partial charge is 0.496 e. The molecule has 0 amide bonds. The van der Waals surface area contributed by atoms with Crippen LogP contribution in [0.3, 0.4) is 0 Å². The van der Waals surface area contributed by atoms with Gasteiger partial charge in [-0.25, -0.2) is 4.98 Å². The molecule has 0 bridgehead atoms. The van der Waals surface area contributed by atoms with E-state index in [0.29, 0.717) is 18.9 Å². The lowest BCUT2D eigenvalue weighted by Gasteiger charge is -2.12. The molecule has 0 aliphatic carbocycles. The van der Waals surface area contributed by atoms with Gasteiger partial charge in [-0.2, -0.15) is 0 Å². The highest BCUT2D eigenvalue weighted by molar-refractivity contribution is 5.72. The molecule has 0 aliphatic heterocycles. The average Bonchev–Trinajstić information content (AvgIpc) is 2.80. The highest BCUT2D eigenvalue weighted by atomic mass is 16.5. The zero-order valence-corrected chi connectivity index (χ0v) is 16.2. The maximum atomic E-state index is 5.74. The molecule has 4 rings (SSSR count). The van der Waals surface area contributed by atoms with Crippen LogP contribution in [0.25, 0.3) is 11.1 Å². The zero-order valence-electron chi connectivity index (χ0n) is 16.2. The van der Waals surface area contributed by atoms with Gasteiger partial charge in [0.05, 0.1) is 12.8 Å². The van der Waals surface area contributed by atoms with Crippen molar-refractivity contribution in [3.8, 4) is 22.8 Å². The van der Waals surface area contributed by atoms with Crippen LogP contribution < -0.4 is 9.47 Å². The molecule has 0 saturated carbocycles. The summed E-state index contributed by atoms with van der Waals surface area (Å²) in [6.07, 6.45) is 7.85. The summed E-state index contributed by atoms with van der Waals surface area (Å²) in [5, 5.41) is 0. The number of aromatic nitrogens is 3. The second-order valence-corrected chi connectivity index (χ2v) is 6.53. The molecule has 1 aromatic carbocycles. The van der Waals surface area contributed by atoms with E-state index in [0.717, 1.165) is 33.7 Å². The minimum atomic E-state index is 0.443. The summed E-state index contributed by atoms with van der Waals surface area (Å²) in [6.45, 7) is 0.443. The molecular weight excluding hydrogens is 362 g/mol. The van der Waals surface area contributed by atoms with Crippen LogP contribution in [0.2, 0.25) is 0 Å². The molecule has 3 heterocycles. The molecule has 0 unspecified atom stereocenters. The number of benzene rings is 1. The summed E-state index contributed by atoms with van der Waals surface area (Å²) in [5.74, 6) is 1.42. The first-order valence-corrected chi connectivity index (χ1v) is 9.37. The van der Waals surface area contributed by atoms with E-state index in [1.165, 1.54) is 0 Å². The summed E-state index contributed by atoms with van der Waals surface area (Å²) < 4.78 is 11.3. The first kappa shape index (κ1) is 18.6. The molecule has 29 heavy (non-hydrogen) atoms. The van der Waals surface area contributed by atoms with Gasteiger partial charge < -0.3 is 9.47 Å². The van der Waals surface area contributed by atoms with Gasteiger partial charge >= 0.3 is 0 Å². The smallest absolute Gasteiger partial charge is 0.213 e. The summed E-state index contributed by atoms with van der Waals surface area (Å²) in [4.78, 5) is 13.1. The van der Waals surface area contributed by atoms with Crippen molar-refractivity contribution in [3.05, 3.63) is 102 Å². The number of nitrogens with zero attached hydrogens (tertiary/aromatic N) is 3. The van der Waals surface area contributed by atoms with Crippen LogP contribution in [0, 0.1) is 0 Å². The number of hydrogen-bond acceptors (Lipinski definition) is 5. The van der Waals surface area contributed by atoms with Gasteiger partial charge in [-0.15, -0.1) is 0 Å². The topological polar surface area (TPSA) is 57.1 Å². The third-order valence-electron chi connectivity index (χ3n) is 4.57. The Morgan fingerprint density at radius 3 is 2.41 bits per heavy atom. The Kier molecular flexibility index (Phi) is 5.76. The van der Waals surface area contributed by atoms with E-state index in [1.807, 2.05) is 67.0 Å². The molecular formula is C24H21N3O2. The number of para-hydroxylation sites is 1. The molecule has 0 saturated heterocycles. The third-order valence-corrected chi connectivity index (χ3v) is 4.57. The number of hydrogen-bond donors (Lipinski definition) is 0. The van der Waals surface area contributed by atoms with Crippen molar-refractivity contribution in [1.29, 1.82) is 0 Å². The van der Waals surface area contributed by atoms with Crippen molar-refractivity contribution in [3.63, 3.8) is 0 Å². The van der Waals surface area contributed by atoms with E-state index in [4.69, 9.17) is 9.47 Å². The molecule has 0 radical (unpaired) electrons.